The van der Waals surface area contributed by atoms with E-state index in [9.17, 15) is 18.4 Å². The summed E-state index contributed by atoms with van der Waals surface area (Å²) in [4.78, 5) is 0. The van der Waals surface area contributed by atoms with Crippen molar-refractivity contribution in [1.82, 2.24) is 10.4 Å². The molecule has 2 aromatic heterocycles. The van der Waals surface area contributed by atoms with Crippen LogP contribution in [0.1, 0.15) is 11.3 Å². The molecule has 2 aromatic rings. The van der Waals surface area contributed by atoms with Gasteiger partial charge in [0.05, 0.1) is 11.8 Å². The zero-order chi connectivity index (χ0) is 12.6. The molecule has 0 saturated heterocycles. The summed E-state index contributed by atoms with van der Waals surface area (Å²) in [7, 11) is 0. The van der Waals surface area contributed by atoms with Crippen LogP contribution < -0.4 is 4.73 Å². The number of halogens is 3. The molecule has 2 rings (SSSR count). The predicted molar refractivity (Wildman–Crippen MR) is 48.4 cm³/mol. The Labute approximate surface area is 93.0 Å². The van der Waals surface area contributed by atoms with E-state index in [1.165, 1.54) is 6.92 Å². The Hall–Kier alpha value is -2.12. The van der Waals surface area contributed by atoms with E-state index in [1.807, 2.05) is 0 Å². The normalized spacial score (nSPS) is 11.8. The fourth-order valence-corrected chi connectivity index (χ4v) is 1.47. The van der Waals surface area contributed by atoms with Crippen LogP contribution in [-0.4, -0.2) is 10.4 Å². The molecule has 0 radical (unpaired) electrons. The van der Waals surface area contributed by atoms with E-state index in [-0.39, 0.29) is 17.0 Å². The fourth-order valence-electron chi connectivity index (χ4n) is 1.47. The van der Waals surface area contributed by atoms with Gasteiger partial charge in [-0.05, 0) is 0 Å². The van der Waals surface area contributed by atoms with Gasteiger partial charge in [0.2, 0.25) is 5.69 Å². The van der Waals surface area contributed by atoms with Gasteiger partial charge in [-0.15, -0.1) is 5.10 Å². The highest BCUT2D eigenvalue weighted by Crippen LogP contribution is 2.37. The van der Waals surface area contributed by atoms with Gasteiger partial charge >= 0.3 is 6.18 Å². The molecule has 0 atom stereocenters. The maximum absolute atomic E-state index is 12.8. The van der Waals surface area contributed by atoms with Crippen LogP contribution in [0.3, 0.4) is 0 Å². The van der Waals surface area contributed by atoms with Crippen LogP contribution in [0.15, 0.2) is 23.0 Å². The maximum atomic E-state index is 12.8. The van der Waals surface area contributed by atoms with Crippen molar-refractivity contribution in [3.8, 4) is 11.3 Å². The van der Waals surface area contributed by atoms with E-state index in [2.05, 4.69) is 14.9 Å². The van der Waals surface area contributed by atoms with Crippen molar-refractivity contribution in [3.05, 3.63) is 34.9 Å². The van der Waals surface area contributed by atoms with E-state index in [0.29, 0.717) is 10.8 Å². The first-order valence-corrected chi connectivity index (χ1v) is 4.49. The quantitative estimate of drug-likeness (QED) is 0.566. The van der Waals surface area contributed by atoms with Crippen LogP contribution in [0.2, 0.25) is 0 Å². The third-order valence-electron chi connectivity index (χ3n) is 2.25. The van der Waals surface area contributed by atoms with Crippen molar-refractivity contribution in [2.24, 2.45) is 0 Å². The summed E-state index contributed by atoms with van der Waals surface area (Å²) >= 11 is 0. The Morgan fingerprint density at radius 1 is 1.41 bits per heavy atom. The Morgan fingerprint density at radius 2 is 2.12 bits per heavy atom. The summed E-state index contributed by atoms with van der Waals surface area (Å²) in [5.41, 5.74) is -1.43. The Bertz CT molecular complexity index is 537. The van der Waals surface area contributed by atoms with Crippen LogP contribution >= 0.6 is 0 Å². The molecule has 0 saturated carbocycles. The molecule has 0 spiro atoms. The van der Waals surface area contributed by atoms with E-state index >= 15 is 0 Å². The Morgan fingerprint density at radius 3 is 2.65 bits per heavy atom. The Kier molecular flexibility index (Phi) is 2.49. The molecule has 0 aliphatic carbocycles. The molecule has 0 unspecified atom stereocenters. The summed E-state index contributed by atoms with van der Waals surface area (Å²) in [6.45, 7) is 1.26. The topological polar surface area (TPSA) is 65.9 Å². The lowest BCUT2D eigenvalue weighted by Crippen LogP contribution is -2.31. The third kappa shape index (κ3) is 1.93. The first kappa shape index (κ1) is 11.4. The highest BCUT2D eigenvalue weighted by molar-refractivity contribution is 5.63. The number of rotatable bonds is 1. The zero-order valence-corrected chi connectivity index (χ0v) is 8.52. The van der Waals surface area contributed by atoms with Gasteiger partial charge in [-0.1, -0.05) is 0 Å². The first-order chi connectivity index (χ1) is 7.91. The lowest BCUT2D eigenvalue weighted by Gasteiger charge is -2.12. The number of hydrogen-bond acceptors (Lipinski definition) is 4. The summed E-state index contributed by atoms with van der Waals surface area (Å²) < 4.78 is 43.2. The van der Waals surface area contributed by atoms with Crippen LogP contribution in [0.4, 0.5) is 13.2 Å². The number of alkyl halides is 3. The SMILES string of the molecule is Cc1c(-c2cnno2)c(C(F)(F)F)cc[n+]1[O-]. The average Bonchev–Trinajstić information content (AvgIpc) is 2.73. The van der Waals surface area contributed by atoms with Gasteiger partial charge in [-0.3, -0.25) is 0 Å². The van der Waals surface area contributed by atoms with Crippen molar-refractivity contribution in [3.63, 3.8) is 0 Å². The average molecular weight is 245 g/mol. The molecule has 5 nitrogen and oxygen atoms in total. The van der Waals surface area contributed by atoms with E-state index < -0.39 is 11.7 Å². The Balaban J connectivity index is 2.74. The highest BCUT2D eigenvalue weighted by atomic mass is 19.4. The van der Waals surface area contributed by atoms with Gasteiger partial charge in [0, 0.05) is 18.3 Å². The molecule has 0 aliphatic heterocycles. The molecule has 0 bridgehead atoms. The molecular weight excluding hydrogens is 239 g/mol. The first-order valence-electron chi connectivity index (χ1n) is 4.49. The molecule has 0 amide bonds. The van der Waals surface area contributed by atoms with E-state index in [0.717, 1.165) is 12.4 Å². The summed E-state index contributed by atoms with van der Waals surface area (Å²) in [6.07, 6.45) is -2.76. The monoisotopic (exact) mass is 245 g/mol. The molecule has 0 N–H and O–H groups in total. The van der Waals surface area contributed by atoms with Gasteiger partial charge < -0.3 is 9.73 Å². The zero-order valence-electron chi connectivity index (χ0n) is 8.52. The summed E-state index contributed by atoms with van der Waals surface area (Å²) in [6, 6.07) is 0.692. The molecular formula is C9H6F3N3O2. The van der Waals surface area contributed by atoms with Gasteiger partial charge in [-0.2, -0.15) is 17.9 Å². The third-order valence-corrected chi connectivity index (χ3v) is 2.25. The summed E-state index contributed by atoms with van der Waals surface area (Å²) in [5, 5.41) is 17.7. The van der Waals surface area contributed by atoms with Gasteiger partial charge in [0.1, 0.15) is 5.56 Å². The van der Waals surface area contributed by atoms with Gasteiger partial charge in [0.25, 0.3) is 0 Å². The number of nitrogens with zero attached hydrogens (tertiary/aromatic N) is 3. The largest absolute Gasteiger partial charge is 0.618 e. The van der Waals surface area contributed by atoms with Crippen LogP contribution in [-0.2, 0) is 6.18 Å². The second-order valence-corrected chi connectivity index (χ2v) is 3.30. The fraction of sp³-hybridized carbons (Fsp3) is 0.222. The number of aromatic nitrogens is 3. The van der Waals surface area contributed by atoms with Gasteiger partial charge in [-0.25, -0.2) is 0 Å². The van der Waals surface area contributed by atoms with Crippen LogP contribution in [0.5, 0.6) is 0 Å². The van der Waals surface area contributed by atoms with E-state index in [4.69, 9.17) is 0 Å². The molecule has 90 valence electrons. The summed E-state index contributed by atoms with van der Waals surface area (Å²) in [5.74, 6) is -0.194. The second-order valence-electron chi connectivity index (χ2n) is 3.30. The molecule has 0 aromatic carbocycles. The molecule has 2 heterocycles. The minimum Gasteiger partial charge on any atom is -0.618 e. The van der Waals surface area contributed by atoms with Crippen molar-refractivity contribution >= 4 is 0 Å². The van der Waals surface area contributed by atoms with Crippen molar-refractivity contribution in [2.75, 3.05) is 0 Å². The van der Waals surface area contributed by atoms with Gasteiger partial charge in [0.15, 0.2) is 12.0 Å². The maximum Gasteiger partial charge on any atom is 0.417 e. The predicted octanol–water partition coefficient (Wildman–Crippen LogP) is 1.70. The number of pyridine rings is 1. The van der Waals surface area contributed by atoms with Crippen molar-refractivity contribution in [1.29, 1.82) is 0 Å². The van der Waals surface area contributed by atoms with E-state index in [1.54, 1.807) is 0 Å². The highest BCUT2D eigenvalue weighted by Gasteiger charge is 2.37. The van der Waals surface area contributed by atoms with Crippen molar-refractivity contribution in [2.45, 2.75) is 13.1 Å². The lowest BCUT2D eigenvalue weighted by molar-refractivity contribution is -0.611. The second kappa shape index (κ2) is 3.72. The van der Waals surface area contributed by atoms with Crippen LogP contribution in [0, 0.1) is 12.1 Å². The molecule has 0 fully saturated rings. The smallest absolute Gasteiger partial charge is 0.417 e. The molecule has 8 heteroatoms. The minimum atomic E-state index is -4.58. The molecule has 0 aliphatic rings. The minimum absolute atomic E-state index is 0.127. The molecule has 17 heavy (non-hydrogen) atoms. The lowest BCUT2D eigenvalue weighted by atomic mass is 10.0. The standard InChI is InChI=1S/C9H6F3N3O2/c1-5-8(7-4-13-14-17-7)6(9(10,11)12)2-3-15(5)16/h2-4H,1H3. The number of hydrogen-bond donors (Lipinski definition) is 0. The van der Waals surface area contributed by atoms with Crippen molar-refractivity contribution < 1.29 is 22.4 Å². The van der Waals surface area contributed by atoms with Crippen LogP contribution in [0.25, 0.3) is 11.3 Å².